The van der Waals surface area contributed by atoms with Crippen LogP contribution in [0.3, 0.4) is 0 Å². The number of hydrogen-bond donors (Lipinski definition) is 0. The van der Waals surface area contributed by atoms with E-state index in [9.17, 15) is 4.79 Å². The highest BCUT2D eigenvalue weighted by Gasteiger charge is 2.56. The van der Waals surface area contributed by atoms with Crippen molar-refractivity contribution in [2.24, 2.45) is 0 Å². The maximum Gasteiger partial charge on any atom is 0.410 e. The Kier molecular flexibility index (Phi) is 13.8. The van der Waals surface area contributed by atoms with Gasteiger partial charge in [0.15, 0.2) is 8.32 Å². The van der Waals surface area contributed by atoms with Gasteiger partial charge in [-0.3, -0.25) is 4.90 Å². The molecule has 1 amide bonds. The molecule has 1 saturated heterocycles. The number of ether oxygens (including phenoxy) is 1. The second-order valence-corrected chi connectivity index (χ2v) is 27.3. The third-order valence-corrected chi connectivity index (χ3v) is 20.0. The lowest BCUT2D eigenvalue weighted by Crippen LogP contribution is -2.67. The first-order chi connectivity index (χ1) is 22.2. The van der Waals surface area contributed by atoms with Gasteiger partial charge in [0, 0.05) is 13.2 Å². The lowest BCUT2D eigenvalue weighted by molar-refractivity contribution is 0.0662. The number of halogens is 3. The topological polar surface area (TPSA) is 48.0 Å². The largest absolute Gasteiger partial charge is 0.445 e. The summed E-state index contributed by atoms with van der Waals surface area (Å²) in [7, 11) is -4.85. The van der Waals surface area contributed by atoms with Crippen molar-refractivity contribution in [3.05, 3.63) is 85.5 Å². The van der Waals surface area contributed by atoms with Crippen LogP contribution in [0.15, 0.2) is 85.5 Å². The van der Waals surface area contributed by atoms with Gasteiger partial charge in [0.1, 0.15) is 6.61 Å². The number of hydrogen-bond acceptors (Lipinski definition) is 4. The molecule has 10 heteroatoms. The van der Waals surface area contributed by atoms with E-state index < -0.39 is 32.1 Å². The average molecular weight is 753 g/mol. The molecule has 2 aromatic carbocycles. The molecule has 0 aliphatic carbocycles. The molecule has 0 saturated carbocycles. The molecule has 2 atom stereocenters. The number of likely N-dealkylation sites (tertiary alicyclic amines) is 1. The van der Waals surface area contributed by atoms with Crippen molar-refractivity contribution in [3.63, 3.8) is 0 Å². The zero-order chi connectivity index (χ0) is 36.0. The highest BCUT2D eigenvalue weighted by molar-refractivity contribution is 6.99. The summed E-state index contributed by atoms with van der Waals surface area (Å²) in [5, 5.41) is 2.25. The average Bonchev–Trinajstić information content (AvgIpc) is 3.34. The Balaban J connectivity index is 2.05. The van der Waals surface area contributed by atoms with Gasteiger partial charge in [0.05, 0.1) is 11.6 Å². The van der Waals surface area contributed by atoms with E-state index >= 15 is 0 Å². The van der Waals surface area contributed by atoms with Gasteiger partial charge in [-0.1, -0.05) is 155 Å². The van der Waals surface area contributed by atoms with Crippen LogP contribution in [0.1, 0.15) is 73.6 Å². The van der Waals surface area contributed by atoms with E-state index in [1.807, 2.05) is 23.1 Å². The molecule has 266 valence electrons. The lowest BCUT2D eigenvalue weighted by Gasteiger charge is -2.44. The monoisotopic (exact) mass is 751 g/mol. The number of allylic oxidation sites excluding steroid dienone is 1. The molecule has 0 radical (unpaired) electrons. The van der Waals surface area contributed by atoms with Crippen LogP contribution in [0.25, 0.3) is 0 Å². The molecule has 2 aromatic rings. The fraction of sp³-hybridized carbons (Fsp3) is 0.553. The number of carbonyl (C=O) groups is 1. The number of rotatable bonds is 14. The predicted molar refractivity (Wildman–Crippen MR) is 209 cm³/mol. The minimum absolute atomic E-state index is 0.111. The molecule has 1 aliphatic heterocycles. The summed E-state index contributed by atoms with van der Waals surface area (Å²) in [5.41, 5.74) is 0.381. The standard InChI is InChI=1S/C38H56Cl3NO4Si2/c1-11-12-24-37(26-30(2)23-25-45-47(9,10)35(3,4)5)27-31(28-42(37)34(43)44-29-38(39,40)41)46-48(36(6,7)8,32-19-15-13-16-20-32)33-21-17-14-18-22-33/h11,13-22,31H,1-2,12,23-29H2,3-10H3/t31-,37-/m1/s1. The normalized spacial score (nSPS) is 19.3. The smallest absolute Gasteiger partial charge is 0.410 e. The van der Waals surface area contributed by atoms with Crippen molar-refractivity contribution in [3.8, 4) is 0 Å². The molecular weight excluding hydrogens is 697 g/mol. The van der Waals surface area contributed by atoms with Crippen molar-refractivity contribution in [2.45, 2.75) is 112 Å². The number of amides is 1. The summed E-state index contributed by atoms with van der Waals surface area (Å²) < 4.78 is 18.0. The molecule has 48 heavy (non-hydrogen) atoms. The van der Waals surface area contributed by atoms with Crippen LogP contribution in [0.5, 0.6) is 0 Å². The molecule has 3 rings (SSSR count). The zero-order valence-corrected chi connectivity index (χ0v) is 34.5. The van der Waals surface area contributed by atoms with Crippen LogP contribution in [0.4, 0.5) is 4.79 Å². The number of alkyl halides is 3. The third-order valence-electron chi connectivity index (χ3n) is 10.0. The van der Waals surface area contributed by atoms with Gasteiger partial charge in [-0.05, 0) is 65.6 Å². The Labute approximate surface area is 307 Å². The molecule has 5 nitrogen and oxygen atoms in total. The van der Waals surface area contributed by atoms with Crippen LogP contribution in [0, 0.1) is 0 Å². The molecule has 1 fully saturated rings. The van der Waals surface area contributed by atoms with Gasteiger partial charge in [-0.15, -0.1) is 6.58 Å². The van der Waals surface area contributed by atoms with Gasteiger partial charge >= 0.3 is 6.09 Å². The minimum atomic E-state index is -2.92. The molecule has 0 bridgehead atoms. The minimum Gasteiger partial charge on any atom is -0.445 e. The van der Waals surface area contributed by atoms with Gasteiger partial charge in [-0.25, -0.2) is 4.79 Å². The summed E-state index contributed by atoms with van der Waals surface area (Å²) in [6, 6.07) is 21.1. The molecular formula is C38H56Cl3NO4Si2. The van der Waals surface area contributed by atoms with E-state index in [4.69, 9.17) is 48.4 Å². The highest BCUT2D eigenvalue weighted by atomic mass is 35.6. The Morgan fingerprint density at radius 2 is 1.50 bits per heavy atom. The van der Waals surface area contributed by atoms with Crippen LogP contribution >= 0.6 is 34.8 Å². The maximum absolute atomic E-state index is 14.0. The first-order valence-corrected chi connectivity index (χ1v) is 22.8. The Hall–Kier alpha value is -1.59. The third kappa shape index (κ3) is 10.0. The van der Waals surface area contributed by atoms with Crippen LogP contribution in [-0.2, 0) is 13.6 Å². The lowest BCUT2D eigenvalue weighted by atomic mass is 9.83. The SMILES string of the molecule is C=CCC[C@@]1(CC(=C)CCO[Si](C)(C)C(C)(C)C)C[C@@H](O[Si](c2ccccc2)(c2ccccc2)C(C)(C)C)CN1C(=O)OCC(Cl)(Cl)Cl. The summed E-state index contributed by atoms with van der Waals surface area (Å²) in [4.78, 5) is 15.8. The van der Waals surface area contributed by atoms with Gasteiger partial charge < -0.3 is 13.6 Å². The van der Waals surface area contributed by atoms with Crippen molar-refractivity contribution < 1.29 is 18.4 Å². The molecule has 0 aromatic heterocycles. The van der Waals surface area contributed by atoms with Crippen molar-refractivity contribution >= 4 is 67.9 Å². The van der Waals surface area contributed by atoms with Crippen LogP contribution in [-0.4, -0.2) is 62.8 Å². The van der Waals surface area contributed by atoms with Gasteiger partial charge in [0.2, 0.25) is 3.79 Å². The van der Waals surface area contributed by atoms with Gasteiger partial charge in [-0.2, -0.15) is 0 Å². The van der Waals surface area contributed by atoms with Gasteiger partial charge in [0.25, 0.3) is 8.32 Å². The van der Waals surface area contributed by atoms with E-state index in [-0.39, 0.29) is 22.8 Å². The van der Waals surface area contributed by atoms with Crippen molar-refractivity contribution in [2.75, 3.05) is 19.8 Å². The Bertz CT molecular complexity index is 1330. The van der Waals surface area contributed by atoms with Crippen LogP contribution < -0.4 is 10.4 Å². The first kappa shape index (κ1) is 40.8. The summed E-state index contributed by atoms with van der Waals surface area (Å²) in [6.45, 7) is 27.1. The molecule has 0 unspecified atom stereocenters. The van der Waals surface area contributed by atoms with E-state index in [1.54, 1.807) is 0 Å². The Morgan fingerprint density at radius 1 is 0.958 bits per heavy atom. The summed E-state index contributed by atoms with van der Waals surface area (Å²) >= 11 is 18.1. The van der Waals surface area contributed by atoms with E-state index in [1.165, 1.54) is 10.4 Å². The number of carbonyl (C=O) groups excluding carboxylic acids is 1. The zero-order valence-electron chi connectivity index (χ0n) is 30.2. The number of benzene rings is 2. The molecule has 0 spiro atoms. The van der Waals surface area contributed by atoms with Crippen molar-refractivity contribution in [1.29, 1.82) is 0 Å². The molecule has 1 aliphatic rings. The molecule has 0 N–H and O–H groups in total. The maximum atomic E-state index is 14.0. The molecule has 1 heterocycles. The van der Waals surface area contributed by atoms with E-state index in [2.05, 4.69) is 116 Å². The second kappa shape index (κ2) is 16.2. The first-order valence-electron chi connectivity index (χ1n) is 16.9. The summed E-state index contributed by atoms with van der Waals surface area (Å²) in [6.07, 6.45) is 4.34. The van der Waals surface area contributed by atoms with Crippen LogP contribution in [0.2, 0.25) is 23.2 Å². The Morgan fingerprint density at radius 3 is 1.96 bits per heavy atom. The highest BCUT2D eigenvalue weighted by Crippen LogP contribution is 2.45. The predicted octanol–water partition coefficient (Wildman–Crippen LogP) is 10.2. The number of nitrogens with zero attached hydrogens (tertiary/aromatic N) is 1. The van der Waals surface area contributed by atoms with Crippen molar-refractivity contribution in [1.82, 2.24) is 4.90 Å². The van der Waals surface area contributed by atoms with E-state index in [0.717, 1.165) is 5.57 Å². The second-order valence-electron chi connectivity index (χ2n) is 15.7. The fourth-order valence-electron chi connectivity index (χ4n) is 6.59. The van der Waals surface area contributed by atoms with E-state index in [0.29, 0.717) is 45.3 Å². The quantitative estimate of drug-likeness (QED) is 0.110. The fourth-order valence-corrected chi connectivity index (χ4v) is 12.5. The summed E-state index contributed by atoms with van der Waals surface area (Å²) in [5.74, 6) is 0.